The Morgan fingerprint density at radius 1 is 1.26 bits per heavy atom. The van der Waals surface area contributed by atoms with E-state index < -0.39 is 0 Å². The van der Waals surface area contributed by atoms with Crippen LogP contribution in [0.5, 0.6) is 5.75 Å². The zero-order chi connectivity index (χ0) is 19.2. The molecule has 27 heavy (non-hydrogen) atoms. The predicted octanol–water partition coefficient (Wildman–Crippen LogP) is 4.70. The Morgan fingerprint density at radius 2 is 2.11 bits per heavy atom. The van der Waals surface area contributed by atoms with E-state index in [0.717, 1.165) is 10.8 Å². The number of nitrogens with zero attached hydrogens (tertiary/aromatic N) is 3. The van der Waals surface area contributed by atoms with Gasteiger partial charge in [0, 0.05) is 29.5 Å². The van der Waals surface area contributed by atoms with Crippen molar-refractivity contribution >= 4 is 46.6 Å². The van der Waals surface area contributed by atoms with Gasteiger partial charge in [0.15, 0.2) is 5.16 Å². The minimum Gasteiger partial charge on any atom is -0.491 e. The Labute approximate surface area is 170 Å². The summed E-state index contributed by atoms with van der Waals surface area (Å²) < 4.78 is 7.53. The van der Waals surface area contributed by atoms with Gasteiger partial charge in [-0.25, -0.2) is 0 Å². The summed E-state index contributed by atoms with van der Waals surface area (Å²) in [7, 11) is 0. The lowest BCUT2D eigenvalue weighted by atomic mass is 10.2. The van der Waals surface area contributed by atoms with E-state index >= 15 is 0 Å². The number of carbonyl (C=O) groups excluding carboxylic acids is 1. The summed E-state index contributed by atoms with van der Waals surface area (Å²) in [6.45, 7) is 1.91. The monoisotopic (exact) mass is 422 g/mol. The molecule has 0 aliphatic rings. The number of carbonyl (C=O) groups is 1. The lowest BCUT2D eigenvalue weighted by molar-refractivity contribution is -0.114. The van der Waals surface area contributed by atoms with Crippen LogP contribution >= 0.6 is 35.0 Å². The highest BCUT2D eigenvalue weighted by Crippen LogP contribution is 2.28. The topological polar surface area (TPSA) is 69.0 Å². The summed E-state index contributed by atoms with van der Waals surface area (Å²) in [5, 5.41) is 12.7. The van der Waals surface area contributed by atoms with Crippen molar-refractivity contribution in [2.45, 2.75) is 12.1 Å². The van der Waals surface area contributed by atoms with E-state index in [1.165, 1.54) is 18.7 Å². The molecule has 2 aromatic carbocycles. The largest absolute Gasteiger partial charge is 0.491 e. The lowest BCUT2D eigenvalue weighted by Gasteiger charge is -2.10. The Hall–Kier alpha value is -2.22. The molecule has 1 heterocycles. The Morgan fingerprint density at radius 3 is 2.93 bits per heavy atom. The number of anilines is 1. The van der Waals surface area contributed by atoms with Gasteiger partial charge >= 0.3 is 0 Å². The molecule has 0 atom stereocenters. The maximum atomic E-state index is 11.2. The number of halogens is 2. The van der Waals surface area contributed by atoms with Crippen molar-refractivity contribution < 1.29 is 9.53 Å². The maximum Gasteiger partial charge on any atom is 0.221 e. The van der Waals surface area contributed by atoms with Crippen molar-refractivity contribution in [3.63, 3.8) is 0 Å². The number of ether oxygens (including phenoxy) is 1. The molecular formula is C18H16Cl2N4O2S. The van der Waals surface area contributed by atoms with E-state index in [1.807, 2.05) is 28.8 Å². The fraction of sp³-hybridized carbons (Fsp3) is 0.167. The maximum absolute atomic E-state index is 11.2. The molecule has 3 aromatic rings. The van der Waals surface area contributed by atoms with Gasteiger partial charge in [0.05, 0.1) is 17.3 Å². The van der Waals surface area contributed by atoms with Crippen LogP contribution in [0.3, 0.4) is 0 Å². The normalized spacial score (nSPS) is 10.6. The first-order chi connectivity index (χ1) is 13.0. The molecule has 9 heteroatoms. The fourth-order valence-electron chi connectivity index (χ4n) is 2.31. The third-order valence-electron chi connectivity index (χ3n) is 3.43. The standard InChI is InChI=1S/C18H16Cl2N4O2S/c1-12(25)22-14-3-2-4-15(10-14)24-11-21-23-18(24)27-8-7-26-17-9-13(19)5-6-16(17)20/h2-6,9-11H,7-8H2,1H3,(H,22,25). The molecular weight excluding hydrogens is 407 g/mol. The number of benzene rings is 2. The van der Waals surface area contributed by atoms with Crippen LogP contribution in [0.15, 0.2) is 53.9 Å². The van der Waals surface area contributed by atoms with Gasteiger partial charge in [-0.1, -0.05) is 41.0 Å². The number of amides is 1. The summed E-state index contributed by atoms with van der Waals surface area (Å²) in [6, 6.07) is 12.6. The van der Waals surface area contributed by atoms with Gasteiger partial charge in [-0.3, -0.25) is 9.36 Å². The molecule has 0 bridgehead atoms. The molecule has 140 valence electrons. The molecule has 0 spiro atoms. The van der Waals surface area contributed by atoms with Crippen molar-refractivity contribution in [2.75, 3.05) is 17.7 Å². The van der Waals surface area contributed by atoms with Crippen molar-refractivity contribution in [2.24, 2.45) is 0 Å². The van der Waals surface area contributed by atoms with Crippen LogP contribution in [0.2, 0.25) is 10.0 Å². The molecule has 0 aliphatic heterocycles. The summed E-state index contributed by atoms with van der Waals surface area (Å²) in [6.07, 6.45) is 1.63. The number of hydrogen-bond donors (Lipinski definition) is 1. The lowest BCUT2D eigenvalue weighted by Crippen LogP contribution is -2.06. The van der Waals surface area contributed by atoms with E-state index in [1.54, 1.807) is 24.5 Å². The molecule has 6 nitrogen and oxygen atoms in total. The van der Waals surface area contributed by atoms with Crippen LogP contribution in [-0.4, -0.2) is 33.0 Å². The minimum absolute atomic E-state index is 0.123. The van der Waals surface area contributed by atoms with E-state index in [-0.39, 0.29) is 5.91 Å². The van der Waals surface area contributed by atoms with Crippen molar-refractivity contribution in [3.05, 3.63) is 58.8 Å². The van der Waals surface area contributed by atoms with Crippen LogP contribution in [-0.2, 0) is 4.79 Å². The Kier molecular flexibility index (Phi) is 6.60. The van der Waals surface area contributed by atoms with E-state index in [4.69, 9.17) is 27.9 Å². The van der Waals surface area contributed by atoms with Gasteiger partial charge in [-0.05, 0) is 30.3 Å². The van der Waals surface area contributed by atoms with Gasteiger partial charge in [0.1, 0.15) is 12.1 Å². The van der Waals surface area contributed by atoms with Crippen LogP contribution in [0.4, 0.5) is 5.69 Å². The predicted molar refractivity (Wildman–Crippen MR) is 108 cm³/mol. The van der Waals surface area contributed by atoms with Crippen molar-refractivity contribution in [3.8, 4) is 11.4 Å². The third kappa shape index (κ3) is 5.38. The van der Waals surface area contributed by atoms with E-state index in [2.05, 4.69) is 15.5 Å². The fourth-order valence-corrected chi connectivity index (χ4v) is 3.39. The quantitative estimate of drug-likeness (QED) is 0.441. The zero-order valence-electron chi connectivity index (χ0n) is 14.4. The van der Waals surface area contributed by atoms with Crippen LogP contribution < -0.4 is 10.1 Å². The highest BCUT2D eigenvalue weighted by molar-refractivity contribution is 7.99. The average molecular weight is 423 g/mol. The average Bonchev–Trinajstić information content (AvgIpc) is 3.10. The molecule has 1 N–H and O–H groups in total. The third-order valence-corrected chi connectivity index (χ3v) is 4.88. The van der Waals surface area contributed by atoms with Crippen LogP contribution in [0.25, 0.3) is 5.69 Å². The highest BCUT2D eigenvalue weighted by Gasteiger charge is 2.09. The molecule has 1 aromatic heterocycles. The van der Waals surface area contributed by atoms with Gasteiger partial charge in [0.25, 0.3) is 0 Å². The van der Waals surface area contributed by atoms with Gasteiger partial charge in [-0.15, -0.1) is 10.2 Å². The Bertz CT molecular complexity index is 949. The first kappa shape index (κ1) is 19.5. The molecule has 0 aliphatic carbocycles. The summed E-state index contributed by atoms with van der Waals surface area (Å²) in [4.78, 5) is 11.2. The summed E-state index contributed by atoms with van der Waals surface area (Å²) >= 11 is 13.5. The molecule has 1 amide bonds. The molecule has 3 rings (SSSR count). The second kappa shape index (κ2) is 9.12. The molecule has 0 radical (unpaired) electrons. The van der Waals surface area contributed by atoms with E-state index in [9.17, 15) is 4.79 Å². The number of aromatic nitrogens is 3. The van der Waals surface area contributed by atoms with Crippen LogP contribution in [0.1, 0.15) is 6.92 Å². The summed E-state index contributed by atoms with van der Waals surface area (Å²) in [5.41, 5.74) is 1.57. The van der Waals surface area contributed by atoms with Crippen molar-refractivity contribution in [1.29, 1.82) is 0 Å². The van der Waals surface area contributed by atoms with Gasteiger partial charge < -0.3 is 10.1 Å². The minimum atomic E-state index is -0.123. The van der Waals surface area contributed by atoms with Crippen molar-refractivity contribution in [1.82, 2.24) is 14.8 Å². The highest BCUT2D eigenvalue weighted by atomic mass is 35.5. The first-order valence-electron chi connectivity index (χ1n) is 8.01. The number of rotatable bonds is 7. The van der Waals surface area contributed by atoms with Gasteiger partial charge in [-0.2, -0.15) is 0 Å². The van der Waals surface area contributed by atoms with Crippen LogP contribution in [0, 0.1) is 0 Å². The molecule has 0 fully saturated rings. The SMILES string of the molecule is CC(=O)Nc1cccc(-n2cnnc2SCCOc2cc(Cl)ccc2Cl)c1. The number of thioether (sulfide) groups is 1. The molecule has 0 saturated heterocycles. The molecule has 0 unspecified atom stereocenters. The van der Waals surface area contributed by atoms with E-state index in [0.29, 0.717) is 33.8 Å². The number of nitrogens with one attached hydrogen (secondary N) is 1. The summed E-state index contributed by atoms with van der Waals surface area (Å²) in [5.74, 6) is 1.07. The number of hydrogen-bond acceptors (Lipinski definition) is 5. The second-order valence-electron chi connectivity index (χ2n) is 5.49. The molecule has 0 saturated carbocycles. The zero-order valence-corrected chi connectivity index (χ0v) is 16.7. The first-order valence-corrected chi connectivity index (χ1v) is 9.76. The van der Waals surface area contributed by atoms with Gasteiger partial charge in [0.2, 0.25) is 5.91 Å². The Balaban J connectivity index is 1.62. The smallest absolute Gasteiger partial charge is 0.221 e. The second-order valence-corrected chi connectivity index (χ2v) is 7.39.